The van der Waals surface area contributed by atoms with E-state index in [2.05, 4.69) is 27.7 Å². The minimum atomic E-state index is -0.0747. The Hall–Kier alpha value is -0.590. The second kappa shape index (κ2) is 5.33. The van der Waals surface area contributed by atoms with Crippen LogP contribution in [-0.2, 0) is 0 Å². The van der Waals surface area contributed by atoms with Crippen LogP contribution in [0.3, 0.4) is 0 Å². The Morgan fingerprint density at radius 2 is 1.71 bits per heavy atom. The van der Waals surface area contributed by atoms with Crippen molar-refractivity contribution >= 4 is 0 Å². The van der Waals surface area contributed by atoms with E-state index in [1.54, 1.807) is 13.0 Å². The summed E-state index contributed by atoms with van der Waals surface area (Å²) in [4.78, 5) is 0. The number of hydrogen-bond acceptors (Lipinski definition) is 0. The number of halogens is 1. The van der Waals surface area contributed by atoms with Crippen molar-refractivity contribution in [3.05, 3.63) is 23.6 Å². The van der Waals surface area contributed by atoms with Crippen LogP contribution in [0.25, 0.3) is 0 Å². The minimum Gasteiger partial charge on any atom is -0.207 e. The van der Waals surface area contributed by atoms with Gasteiger partial charge in [0.05, 0.1) is 0 Å². The van der Waals surface area contributed by atoms with Gasteiger partial charge in [0.2, 0.25) is 0 Å². The second-order valence-corrected chi connectivity index (χ2v) is 4.71. The normalized spacial score (nSPS) is 17.1. The molecule has 1 atom stereocenters. The molecule has 0 saturated heterocycles. The zero-order valence-electron chi connectivity index (χ0n) is 10.3. The monoisotopic (exact) mass is 198 g/mol. The molecule has 0 rings (SSSR count). The van der Waals surface area contributed by atoms with E-state index in [1.165, 1.54) is 0 Å². The highest BCUT2D eigenvalue weighted by molar-refractivity contribution is 5.28. The van der Waals surface area contributed by atoms with E-state index in [-0.39, 0.29) is 11.2 Å². The van der Waals surface area contributed by atoms with Crippen molar-refractivity contribution in [3.63, 3.8) is 0 Å². The molecule has 0 aromatic heterocycles. The summed E-state index contributed by atoms with van der Waals surface area (Å²) in [5.41, 5.74) is 0.972. The maximum Gasteiger partial charge on any atom is 0.122 e. The molecule has 14 heavy (non-hydrogen) atoms. The Morgan fingerprint density at radius 3 is 1.93 bits per heavy atom. The Kier molecular flexibility index (Phi) is 5.11. The van der Waals surface area contributed by atoms with E-state index in [0.29, 0.717) is 5.92 Å². The van der Waals surface area contributed by atoms with Crippen LogP contribution in [0.4, 0.5) is 4.39 Å². The zero-order valence-corrected chi connectivity index (χ0v) is 10.3. The van der Waals surface area contributed by atoms with Crippen LogP contribution in [-0.4, -0.2) is 0 Å². The van der Waals surface area contributed by atoms with Gasteiger partial charge in [0.1, 0.15) is 5.83 Å². The molecule has 0 aliphatic heterocycles. The first-order valence-corrected chi connectivity index (χ1v) is 5.36. The molecule has 82 valence electrons. The smallest absolute Gasteiger partial charge is 0.122 e. The average Bonchev–Trinajstić information content (AvgIpc) is 2.10. The molecule has 0 amide bonds. The Balaban J connectivity index is 5.02. The van der Waals surface area contributed by atoms with E-state index in [0.717, 1.165) is 12.0 Å². The van der Waals surface area contributed by atoms with Gasteiger partial charge in [-0.15, -0.1) is 0 Å². The van der Waals surface area contributed by atoms with Crippen LogP contribution < -0.4 is 0 Å². The third-order valence-electron chi connectivity index (χ3n) is 2.67. The minimum absolute atomic E-state index is 0.0747. The molecule has 0 bridgehead atoms. The molecular weight excluding hydrogens is 175 g/mol. The van der Waals surface area contributed by atoms with Gasteiger partial charge in [0.15, 0.2) is 0 Å². The topological polar surface area (TPSA) is 0 Å². The van der Waals surface area contributed by atoms with Crippen molar-refractivity contribution in [3.8, 4) is 0 Å². The summed E-state index contributed by atoms with van der Waals surface area (Å²) >= 11 is 0. The third-order valence-corrected chi connectivity index (χ3v) is 2.67. The fourth-order valence-corrected chi connectivity index (χ4v) is 1.97. The third kappa shape index (κ3) is 3.28. The summed E-state index contributed by atoms with van der Waals surface area (Å²) in [6.07, 6.45) is 4.42. The van der Waals surface area contributed by atoms with Gasteiger partial charge in [-0.05, 0) is 37.2 Å². The van der Waals surface area contributed by atoms with E-state index in [9.17, 15) is 4.39 Å². The largest absolute Gasteiger partial charge is 0.207 e. The van der Waals surface area contributed by atoms with Crippen LogP contribution in [0.5, 0.6) is 0 Å². The van der Waals surface area contributed by atoms with Gasteiger partial charge < -0.3 is 0 Å². The fourth-order valence-electron chi connectivity index (χ4n) is 1.97. The first-order valence-electron chi connectivity index (χ1n) is 5.36. The van der Waals surface area contributed by atoms with Crippen molar-refractivity contribution in [1.29, 1.82) is 0 Å². The SMILES string of the molecule is C/C=C(\C(F)=C/C)C(CC)C(C)(C)C. The van der Waals surface area contributed by atoms with Crippen molar-refractivity contribution in [2.24, 2.45) is 11.3 Å². The molecule has 0 aromatic carbocycles. The van der Waals surface area contributed by atoms with Crippen LogP contribution in [0.2, 0.25) is 0 Å². The van der Waals surface area contributed by atoms with Gasteiger partial charge in [0, 0.05) is 0 Å². The lowest BCUT2D eigenvalue weighted by Gasteiger charge is -2.31. The van der Waals surface area contributed by atoms with E-state index in [1.807, 2.05) is 13.0 Å². The number of allylic oxidation sites excluding steroid dienone is 4. The predicted molar refractivity (Wildman–Crippen MR) is 61.9 cm³/mol. The first kappa shape index (κ1) is 13.4. The highest BCUT2D eigenvalue weighted by Gasteiger charge is 2.27. The molecule has 0 heterocycles. The van der Waals surface area contributed by atoms with Crippen LogP contribution in [0.15, 0.2) is 23.6 Å². The Bertz CT molecular complexity index is 228. The second-order valence-electron chi connectivity index (χ2n) is 4.71. The zero-order chi connectivity index (χ0) is 11.4. The van der Waals surface area contributed by atoms with Crippen LogP contribution >= 0.6 is 0 Å². The lowest BCUT2D eigenvalue weighted by atomic mass is 9.74. The summed E-state index contributed by atoms with van der Waals surface area (Å²) in [7, 11) is 0. The molecule has 0 fully saturated rings. The van der Waals surface area contributed by atoms with Gasteiger partial charge in [-0.25, -0.2) is 4.39 Å². The van der Waals surface area contributed by atoms with Gasteiger partial charge in [-0.3, -0.25) is 0 Å². The number of hydrogen-bond donors (Lipinski definition) is 0. The maximum atomic E-state index is 13.6. The molecule has 1 unspecified atom stereocenters. The number of rotatable bonds is 3. The molecule has 0 nitrogen and oxygen atoms in total. The van der Waals surface area contributed by atoms with E-state index >= 15 is 0 Å². The van der Waals surface area contributed by atoms with Crippen molar-refractivity contribution < 1.29 is 4.39 Å². The van der Waals surface area contributed by atoms with Gasteiger partial charge in [-0.1, -0.05) is 39.8 Å². The molecular formula is C13H23F. The van der Waals surface area contributed by atoms with E-state index < -0.39 is 0 Å². The first-order chi connectivity index (χ1) is 6.38. The highest BCUT2D eigenvalue weighted by atomic mass is 19.1. The highest BCUT2D eigenvalue weighted by Crippen LogP contribution is 2.37. The summed E-state index contributed by atoms with van der Waals surface area (Å²) in [5.74, 6) is 0.220. The predicted octanol–water partition coefficient (Wildman–Crippen LogP) is 4.88. The summed E-state index contributed by atoms with van der Waals surface area (Å²) < 4.78 is 13.6. The van der Waals surface area contributed by atoms with Crippen molar-refractivity contribution in [2.45, 2.75) is 48.0 Å². The molecule has 0 N–H and O–H groups in total. The van der Waals surface area contributed by atoms with Crippen LogP contribution in [0.1, 0.15) is 48.0 Å². The van der Waals surface area contributed by atoms with Gasteiger partial charge >= 0.3 is 0 Å². The Morgan fingerprint density at radius 1 is 1.21 bits per heavy atom. The average molecular weight is 198 g/mol. The summed E-state index contributed by atoms with van der Waals surface area (Å²) in [6, 6.07) is 0. The lowest BCUT2D eigenvalue weighted by Crippen LogP contribution is -2.22. The van der Waals surface area contributed by atoms with Crippen molar-refractivity contribution in [1.82, 2.24) is 0 Å². The summed E-state index contributed by atoms with van der Waals surface area (Å²) in [6.45, 7) is 12.2. The summed E-state index contributed by atoms with van der Waals surface area (Å²) in [5, 5.41) is 0. The fraction of sp³-hybridized carbons (Fsp3) is 0.692. The standard InChI is InChI=1S/C13H23F/c1-7-10(12(14)9-3)11(8-2)13(4,5)6/h7,9,11H,8H2,1-6H3/b10-7-,12-9+. The quantitative estimate of drug-likeness (QED) is 0.567. The molecule has 1 heteroatoms. The molecule has 0 aromatic rings. The molecule has 0 aliphatic carbocycles. The molecule has 0 saturated carbocycles. The van der Waals surface area contributed by atoms with Crippen LogP contribution in [0, 0.1) is 11.3 Å². The lowest BCUT2D eigenvalue weighted by molar-refractivity contribution is 0.268. The Labute approximate surface area is 87.9 Å². The molecule has 0 spiro atoms. The van der Waals surface area contributed by atoms with Crippen molar-refractivity contribution in [2.75, 3.05) is 0 Å². The molecule has 0 radical (unpaired) electrons. The molecule has 0 aliphatic rings. The maximum absolute atomic E-state index is 13.6. The van der Waals surface area contributed by atoms with Gasteiger partial charge in [0.25, 0.3) is 0 Å². The van der Waals surface area contributed by atoms with Gasteiger partial charge in [-0.2, -0.15) is 0 Å². The van der Waals surface area contributed by atoms with E-state index in [4.69, 9.17) is 0 Å².